The number of ether oxygens (including phenoxy) is 2. The van der Waals surface area contributed by atoms with Crippen molar-refractivity contribution in [3.63, 3.8) is 0 Å². The summed E-state index contributed by atoms with van der Waals surface area (Å²) in [6.45, 7) is 2.88. The molecule has 0 fully saturated rings. The maximum absolute atomic E-state index is 10.4. The number of rotatable bonds is 12. The number of aromatic nitrogens is 1. The Hall–Kier alpha value is -2.87. The van der Waals surface area contributed by atoms with Gasteiger partial charge >= 0.3 is 0 Å². The molecule has 0 radical (unpaired) electrons. The van der Waals surface area contributed by atoms with Crippen LogP contribution in [0.25, 0.3) is 0 Å². The lowest BCUT2D eigenvalue weighted by atomic mass is 10.2. The summed E-state index contributed by atoms with van der Waals surface area (Å²) in [4.78, 5) is 4.21. The lowest BCUT2D eigenvalue weighted by Gasteiger charge is -2.22. The summed E-state index contributed by atoms with van der Waals surface area (Å²) in [5.74, 6) is 1.27. The van der Waals surface area contributed by atoms with E-state index in [4.69, 9.17) is 14.0 Å². The van der Waals surface area contributed by atoms with Gasteiger partial charge in [0.25, 0.3) is 0 Å². The Labute approximate surface area is 183 Å². The smallest absolute Gasteiger partial charge is 0.161 e. The van der Waals surface area contributed by atoms with Gasteiger partial charge in [-0.3, -0.25) is 9.80 Å². The van der Waals surface area contributed by atoms with Crippen LogP contribution >= 0.6 is 0 Å². The number of aliphatic hydroxyl groups is 1. The molecule has 1 unspecified atom stereocenters. The van der Waals surface area contributed by atoms with E-state index < -0.39 is 6.10 Å². The van der Waals surface area contributed by atoms with Crippen molar-refractivity contribution in [1.82, 2.24) is 15.0 Å². The van der Waals surface area contributed by atoms with Crippen molar-refractivity contribution < 1.29 is 19.1 Å². The van der Waals surface area contributed by atoms with E-state index in [1.165, 1.54) is 5.56 Å². The van der Waals surface area contributed by atoms with Crippen LogP contribution in [0.2, 0.25) is 0 Å². The van der Waals surface area contributed by atoms with E-state index in [9.17, 15) is 5.11 Å². The third-order valence-electron chi connectivity index (χ3n) is 4.85. The molecular weight excluding hydrogens is 394 g/mol. The van der Waals surface area contributed by atoms with Gasteiger partial charge in [0.15, 0.2) is 11.5 Å². The average Bonchev–Trinajstić information content (AvgIpc) is 3.26. The summed E-state index contributed by atoms with van der Waals surface area (Å²) in [6.07, 6.45) is 0.961. The molecule has 7 heteroatoms. The number of likely N-dealkylation sites (N-methyl/N-ethyl adjacent to an activating group) is 1. The minimum absolute atomic E-state index is 0.188. The van der Waals surface area contributed by atoms with Gasteiger partial charge in [0.05, 0.1) is 12.8 Å². The van der Waals surface area contributed by atoms with Gasteiger partial charge in [0.1, 0.15) is 19.0 Å². The summed E-state index contributed by atoms with van der Waals surface area (Å²) in [5, 5.41) is 14.4. The molecule has 3 aromatic rings. The van der Waals surface area contributed by atoms with Gasteiger partial charge in [0.2, 0.25) is 0 Å². The summed E-state index contributed by atoms with van der Waals surface area (Å²) >= 11 is 0. The van der Waals surface area contributed by atoms with Crippen molar-refractivity contribution in [2.24, 2.45) is 0 Å². The maximum atomic E-state index is 10.4. The molecule has 3 rings (SSSR count). The second-order valence-electron chi connectivity index (χ2n) is 7.80. The van der Waals surface area contributed by atoms with Crippen LogP contribution in [0.4, 0.5) is 0 Å². The molecule has 1 aromatic heterocycles. The summed E-state index contributed by atoms with van der Waals surface area (Å²) in [5.41, 5.74) is 3.18. The van der Waals surface area contributed by atoms with E-state index in [0.717, 1.165) is 24.3 Å². The van der Waals surface area contributed by atoms with Gasteiger partial charge in [-0.25, -0.2) is 0 Å². The molecule has 1 heterocycles. The Morgan fingerprint density at radius 1 is 0.935 bits per heavy atom. The van der Waals surface area contributed by atoms with E-state index in [0.29, 0.717) is 24.6 Å². The van der Waals surface area contributed by atoms with Crippen LogP contribution in [-0.2, 0) is 19.6 Å². The Morgan fingerprint density at radius 2 is 1.71 bits per heavy atom. The predicted molar refractivity (Wildman–Crippen MR) is 119 cm³/mol. The Morgan fingerprint density at radius 3 is 2.42 bits per heavy atom. The molecule has 7 nitrogen and oxygen atoms in total. The van der Waals surface area contributed by atoms with Crippen LogP contribution in [0, 0.1) is 0 Å². The standard InChI is InChI=1S/C24H31N3O4/c1-26(16-21-11-12-31-25-21)15-20-9-10-23(29-3)24(13-20)30-18-22(28)17-27(2)14-19-7-5-4-6-8-19/h4-13,22,28H,14-18H2,1-3H3. The minimum atomic E-state index is -0.614. The van der Waals surface area contributed by atoms with E-state index >= 15 is 0 Å². The average molecular weight is 426 g/mol. The maximum Gasteiger partial charge on any atom is 0.161 e. The number of aliphatic hydroxyl groups excluding tert-OH is 1. The Bertz CT molecular complexity index is 902. The van der Waals surface area contributed by atoms with E-state index in [-0.39, 0.29) is 6.61 Å². The van der Waals surface area contributed by atoms with Crippen molar-refractivity contribution >= 4 is 0 Å². The third kappa shape index (κ3) is 7.40. The fourth-order valence-electron chi connectivity index (χ4n) is 3.45. The van der Waals surface area contributed by atoms with Crippen LogP contribution in [0.3, 0.4) is 0 Å². The zero-order valence-electron chi connectivity index (χ0n) is 18.4. The Balaban J connectivity index is 1.52. The van der Waals surface area contributed by atoms with Crippen molar-refractivity contribution in [3.05, 3.63) is 77.7 Å². The molecule has 0 aliphatic heterocycles. The molecule has 0 bridgehead atoms. The van der Waals surface area contributed by atoms with Crippen LogP contribution < -0.4 is 9.47 Å². The Kier molecular flexibility index (Phi) is 8.46. The summed E-state index contributed by atoms with van der Waals surface area (Å²) in [6, 6.07) is 17.9. The molecule has 0 saturated heterocycles. The number of hydrogen-bond donors (Lipinski definition) is 1. The largest absolute Gasteiger partial charge is 0.493 e. The summed E-state index contributed by atoms with van der Waals surface area (Å²) in [7, 11) is 5.62. The first-order valence-corrected chi connectivity index (χ1v) is 10.3. The first kappa shape index (κ1) is 22.8. The zero-order valence-corrected chi connectivity index (χ0v) is 18.4. The second kappa shape index (κ2) is 11.5. The lowest BCUT2D eigenvalue weighted by Crippen LogP contribution is -2.32. The van der Waals surface area contributed by atoms with Crippen molar-refractivity contribution in [2.45, 2.75) is 25.7 Å². The van der Waals surface area contributed by atoms with Crippen molar-refractivity contribution in [1.29, 1.82) is 0 Å². The van der Waals surface area contributed by atoms with Crippen LogP contribution in [0.5, 0.6) is 11.5 Å². The third-order valence-corrected chi connectivity index (χ3v) is 4.85. The molecule has 2 aromatic carbocycles. The zero-order chi connectivity index (χ0) is 22.1. The fourth-order valence-corrected chi connectivity index (χ4v) is 3.45. The highest BCUT2D eigenvalue weighted by Crippen LogP contribution is 2.29. The van der Waals surface area contributed by atoms with Crippen LogP contribution in [-0.4, -0.2) is 60.5 Å². The topological polar surface area (TPSA) is 71.2 Å². The highest BCUT2D eigenvalue weighted by atomic mass is 16.5. The number of benzene rings is 2. The monoisotopic (exact) mass is 425 g/mol. The van der Waals surface area contributed by atoms with Crippen molar-refractivity contribution in [2.75, 3.05) is 34.4 Å². The molecule has 0 saturated carbocycles. The van der Waals surface area contributed by atoms with E-state index in [2.05, 4.69) is 27.1 Å². The van der Waals surface area contributed by atoms with Gasteiger partial charge in [-0.05, 0) is 37.4 Å². The SMILES string of the molecule is COc1ccc(CN(C)Cc2ccon2)cc1OCC(O)CN(C)Cc1ccccc1. The van der Waals surface area contributed by atoms with Crippen LogP contribution in [0.15, 0.2) is 65.4 Å². The molecule has 0 amide bonds. The fraction of sp³-hybridized carbons (Fsp3) is 0.375. The second-order valence-corrected chi connectivity index (χ2v) is 7.80. The molecule has 31 heavy (non-hydrogen) atoms. The van der Waals surface area contributed by atoms with E-state index in [1.54, 1.807) is 13.4 Å². The van der Waals surface area contributed by atoms with Crippen LogP contribution in [0.1, 0.15) is 16.8 Å². The van der Waals surface area contributed by atoms with Gasteiger partial charge in [0, 0.05) is 32.2 Å². The van der Waals surface area contributed by atoms with Crippen molar-refractivity contribution in [3.8, 4) is 11.5 Å². The highest BCUT2D eigenvalue weighted by molar-refractivity contribution is 5.43. The normalized spacial score (nSPS) is 12.3. The summed E-state index contributed by atoms with van der Waals surface area (Å²) < 4.78 is 16.2. The molecule has 166 valence electrons. The lowest BCUT2D eigenvalue weighted by molar-refractivity contribution is 0.0732. The first-order valence-electron chi connectivity index (χ1n) is 10.3. The quantitative estimate of drug-likeness (QED) is 0.478. The molecule has 0 spiro atoms. The van der Waals surface area contributed by atoms with E-state index in [1.807, 2.05) is 56.6 Å². The molecule has 0 aliphatic carbocycles. The number of hydrogen-bond acceptors (Lipinski definition) is 7. The minimum Gasteiger partial charge on any atom is -0.493 e. The van der Waals surface area contributed by atoms with Gasteiger partial charge in [-0.15, -0.1) is 0 Å². The number of methoxy groups -OCH3 is 1. The number of nitrogens with zero attached hydrogens (tertiary/aromatic N) is 3. The molecule has 0 aliphatic rings. The van der Waals surface area contributed by atoms with Gasteiger partial charge in [-0.2, -0.15) is 0 Å². The molecule has 1 atom stereocenters. The molecular formula is C24H31N3O4. The predicted octanol–water partition coefficient (Wildman–Crippen LogP) is 3.19. The molecule has 1 N–H and O–H groups in total. The van der Waals surface area contributed by atoms with Gasteiger partial charge < -0.3 is 19.1 Å². The first-order chi connectivity index (χ1) is 15.0. The highest BCUT2D eigenvalue weighted by Gasteiger charge is 2.13. The van der Waals surface area contributed by atoms with Gasteiger partial charge in [-0.1, -0.05) is 41.6 Å².